The zero-order chi connectivity index (χ0) is 29.1. The van der Waals surface area contributed by atoms with Gasteiger partial charge in [-0.2, -0.15) is 0 Å². The van der Waals surface area contributed by atoms with Gasteiger partial charge < -0.3 is 15.0 Å². The SMILES string of the molecule is CCNC(=O)[C@H](Cc1ccccc1)N(Cc1ccc(C)cc1)C(=O)CCCN(c1ccc(OC)cc1)S(C)(=O)=O. The molecule has 0 bridgehead atoms. The predicted molar refractivity (Wildman–Crippen MR) is 159 cm³/mol. The summed E-state index contributed by atoms with van der Waals surface area (Å²) in [4.78, 5) is 28.7. The molecule has 0 spiro atoms. The highest BCUT2D eigenvalue weighted by atomic mass is 32.2. The van der Waals surface area contributed by atoms with Crippen LogP contribution in [0.25, 0.3) is 0 Å². The molecule has 0 radical (unpaired) electrons. The predicted octanol–water partition coefficient (Wildman–Crippen LogP) is 4.33. The van der Waals surface area contributed by atoms with Crippen LogP contribution in [0, 0.1) is 6.92 Å². The first-order valence-corrected chi connectivity index (χ1v) is 15.3. The van der Waals surface area contributed by atoms with E-state index in [-0.39, 0.29) is 37.7 Å². The number of aryl methyl sites for hydroxylation is 1. The standard InChI is InChI=1S/C31H39N3O5S/c1-5-32-31(36)29(22-25-10-7-6-8-11-25)33(23-26-15-13-24(2)14-16-26)30(35)12-9-21-34(40(4,37)38)27-17-19-28(39-3)20-18-27/h6-8,10-11,13-20,29H,5,9,12,21-23H2,1-4H3,(H,32,36)/t29-/m0/s1. The van der Waals surface area contributed by atoms with E-state index in [0.29, 0.717) is 24.4 Å². The number of carbonyl (C=O) groups excluding carboxylic acids is 2. The van der Waals surface area contributed by atoms with Crippen LogP contribution in [0.5, 0.6) is 5.75 Å². The molecule has 9 heteroatoms. The van der Waals surface area contributed by atoms with E-state index in [1.54, 1.807) is 36.3 Å². The van der Waals surface area contributed by atoms with E-state index in [1.165, 1.54) is 4.31 Å². The third-order valence-electron chi connectivity index (χ3n) is 6.61. The lowest BCUT2D eigenvalue weighted by atomic mass is 10.0. The van der Waals surface area contributed by atoms with E-state index in [1.807, 2.05) is 68.4 Å². The van der Waals surface area contributed by atoms with Gasteiger partial charge in [-0.3, -0.25) is 13.9 Å². The Hall–Kier alpha value is -3.85. The van der Waals surface area contributed by atoms with Crippen molar-refractivity contribution in [2.24, 2.45) is 0 Å². The maximum absolute atomic E-state index is 13.8. The Morgan fingerprint density at radius 2 is 1.57 bits per heavy atom. The fourth-order valence-corrected chi connectivity index (χ4v) is 5.45. The van der Waals surface area contributed by atoms with Crippen LogP contribution in [0.15, 0.2) is 78.9 Å². The minimum Gasteiger partial charge on any atom is -0.497 e. The molecule has 8 nitrogen and oxygen atoms in total. The third kappa shape index (κ3) is 8.84. The lowest BCUT2D eigenvalue weighted by molar-refractivity contribution is -0.141. The second-order valence-electron chi connectivity index (χ2n) is 9.74. The normalized spacial score (nSPS) is 11.9. The topological polar surface area (TPSA) is 96.0 Å². The van der Waals surface area contributed by atoms with Crippen LogP contribution in [-0.4, -0.2) is 57.6 Å². The van der Waals surface area contributed by atoms with Crippen molar-refractivity contribution in [3.63, 3.8) is 0 Å². The van der Waals surface area contributed by atoms with E-state index in [0.717, 1.165) is 22.9 Å². The summed E-state index contributed by atoms with van der Waals surface area (Å²) in [5.74, 6) is 0.188. The molecule has 2 amide bonds. The van der Waals surface area contributed by atoms with Crippen LogP contribution in [0.3, 0.4) is 0 Å². The molecule has 0 unspecified atom stereocenters. The number of amides is 2. The molecular formula is C31H39N3O5S. The van der Waals surface area contributed by atoms with Gasteiger partial charge in [0.05, 0.1) is 19.1 Å². The molecule has 1 atom stereocenters. The van der Waals surface area contributed by atoms with Gasteiger partial charge in [0, 0.05) is 32.5 Å². The molecule has 0 saturated carbocycles. The van der Waals surface area contributed by atoms with E-state index in [9.17, 15) is 18.0 Å². The van der Waals surface area contributed by atoms with Gasteiger partial charge >= 0.3 is 0 Å². The lowest BCUT2D eigenvalue weighted by Crippen LogP contribution is -2.50. The highest BCUT2D eigenvalue weighted by Crippen LogP contribution is 2.23. The van der Waals surface area contributed by atoms with Gasteiger partial charge in [-0.25, -0.2) is 8.42 Å². The molecule has 3 aromatic carbocycles. The maximum Gasteiger partial charge on any atom is 0.243 e. The number of methoxy groups -OCH3 is 1. The summed E-state index contributed by atoms with van der Waals surface area (Å²) in [6, 6.07) is 23.5. The van der Waals surface area contributed by atoms with Gasteiger partial charge in [-0.05, 0) is 55.7 Å². The van der Waals surface area contributed by atoms with Crippen molar-refractivity contribution in [3.05, 3.63) is 95.6 Å². The van der Waals surface area contributed by atoms with Gasteiger partial charge in [0.15, 0.2) is 0 Å². The number of likely N-dealkylation sites (N-methyl/N-ethyl adjacent to an activating group) is 1. The number of ether oxygens (including phenoxy) is 1. The van der Waals surface area contributed by atoms with Gasteiger partial charge in [0.2, 0.25) is 21.8 Å². The van der Waals surface area contributed by atoms with Gasteiger partial charge in [0.25, 0.3) is 0 Å². The number of hydrogen-bond donors (Lipinski definition) is 1. The first-order chi connectivity index (χ1) is 19.1. The molecular weight excluding hydrogens is 526 g/mol. The van der Waals surface area contributed by atoms with Crippen molar-refractivity contribution in [2.45, 2.75) is 45.7 Å². The van der Waals surface area contributed by atoms with E-state index >= 15 is 0 Å². The summed E-state index contributed by atoms with van der Waals surface area (Å²) < 4.78 is 31.6. The van der Waals surface area contributed by atoms with Crippen molar-refractivity contribution in [1.29, 1.82) is 0 Å². The minimum absolute atomic E-state index is 0.0821. The summed E-state index contributed by atoms with van der Waals surface area (Å²) in [7, 11) is -2.04. The largest absolute Gasteiger partial charge is 0.497 e. The molecule has 0 fully saturated rings. The first-order valence-electron chi connectivity index (χ1n) is 13.4. The molecule has 3 aromatic rings. The van der Waals surface area contributed by atoms with Crippen molar-refractivity contribution >= 4 is 27.5 Å². The van der Waals surface area contributed by atoms with Crippen LogP contribution in [0.2, 0.25) is 0 Å². The van der Waals surface area contributed by atoms with E-state index in [2.05, 4.69) is 5.32 Å². The Bertz CT molecular complexity index is 1340. The number of sulfonamides is 1. The molecule has 0 aliphatic heterocycles. The first kappa shape index (κ1) is 30.7. The van der Waals surface area contributed by atoms with E-state index < -0.39 is 16.1 Å². The van der Waals surface area contributed by atoms with Crippen molar-refractivity contribution in [1.82, 2.24) is 10.2 Å². The summed E-state index contributed by atoms with van der Waals surface area (Å²) in [5, 5.41) is 2.89. The molecule has 3 rings (SSSR count). The molecule has 0 saturated heterocycles. The third-order valence-corrected chi connectivity index (χ3v) is 7.80. The Kier molecular flexibility index (Phi) is 11.1. The number of rotatable bonds is 14. The molecule has 214 valence electrons. The lowest BCUT2D eigenvalue weighted by Gasteiger charge is -2.32. The molecule has 0 aliphatic carbocycles. The second kappa shape index (κ2) is 14.5. The van der Waals surface area contributed by atoms with Crippen LogP contribution < -0.4 is 14.4 Å². The van der Waals surface area contributed by atoms with E-state index in [4.69, 9.17) is 4.74 Å². The highest BCUT2D eigenvalue weighted by molar-refractivity contribution is 7.92. The second-order valence-corrected chi connectivity index (χ2v) is 11.7. The number of anilines is 1. The highest BCUT2D eigenvalue weighted by Gasteiger charge is 2.30. The smallest absolute Gasteiger partial charge is 0.243 e. The summed E-state index contributed by atoms with van der Waals surface area (Å²) >= 11 is 0. The van der Waals surface area contributed by atoms with Crippen LogP contribution >= 0.6 is 0 Å². The average molecular weight is 566 g/mol. The number of benzene rings is 3. The zero-order valence-electron chi connectivity index (χ0n) is 23.7. The molecule has 0 heterocycles. The van der Waals surface area contributed by atoms with Crippen molar-refractivity contribution in [3.8, 4) is 5.75 Å². The van der Waals surface area contributed by atoms with Crippen molar-refractivity contribution in [2.75, 3.05) is 30.8 Å². The Labute approximate surface area is 238 Å². The van der Waals surface area contributed by atoms with Gasteiger partial charge in [-0.15, -0.1) is 0 Å². The van der Waals surface area contributed by atoms with Gasteiger partial charge in [-0.1, -0.05) is 60.2 Å². The van der Waals surface area contributed by atoms with Gasteiger partial charge in [0.1, 0.15) is 11.8 Å². The molecule has 0 aliphatic rings. The zero-order valence-corrected chi connectivity index (χ0v) is 24.5. The Balaban J connectivity index is 1.84. The number of nitrogens with zero attached hydrogens (tertiary/aromatic N) is 2. The molecule has 0 aromatic heterocycles. The quantitative estimate of drug-likeness (QED) is 0.314. The Morgan fingerprint density at radius 3 is 2.15 bits per heavy atom. The number of nitrogens with one attached hydrogen (secondary N) is 1. The fourth-order valence-electron chi connectivity index (χ4n) is 4.49. The summed E-state index contributed by atoms with van der Waals surface area (Å²) in [5.41, 5.74) is 3.46. The minimum atomic E-state index is -3.58. The Morgan fingerprint density at radius 1 is 0.925 bits per heavy atom. The maximum atomic E-state index is 13.8. The average Bonchev–Trinajstić information content (AvgIpc) is 2.94. The molecule has 40 heavy (non-hydrogen) atoms. The molecule has 1 N–H and O–H groups in total. The monoisotopic (exact) mass is 565 g/mol. The van der Waals surface area contributed by atoms with Crippen LogP contribution in [0.1, 0.15) is 36.5 Å². The number of hydrogen-bond acceptors (Lipinski definition) is 5. The van der Waals surface area contributed by atoms with Crippen molar-refractivity contribution < 1.29 is 22.7 Å². The summed E-state index contributed by atoms with van der Waals surface area (Å²) in [6.45, 7) is 4.68. The number of carbonyl (C=O) groups is 2. The van der Waals surface area contributed by atoms with Crippen LogP contribution in [-0.2, 0) is 32.6 Å². The summed E-state index contributed by atoms with van der Waals surface area (Å²) in [6.07, 6.45) is 1.88. The fraction of sp³-hybridized carbons (Fsp3) is 0.355. The van der Waals surface area contributed by atoms with Crippen LogP contribution in [0.4, 0.5) is 5.69 Å².